The fourth-order valence-corrected chi connectivity index (χ4v) is 3.38. The van der Waals surface area contributed by atoms with Gasteiger partial charge in [0.2, 0.25) is 0 Å². The molecule has 1 aromatic carbocycles. The maximum atomic E-state index is 12.9. The normalized spacial score (nSPS) is 13.5. The van der Waals surface area contributed by atoms with Crippen molar-refractivity contribution in [1.82, 2.24) is 15.0 Å². The molecule has 0 bridgehead atoms. The molecule has 0 radical (unpaired) electrons. The van der Waals surface area contributed by atoms with E-state index in [2.05, 4.69) is 10.7 Å². The molecule has 8 nitrogen and oxygen atoms in total. The van der Waals surface area contributed by atoms with Gasteiger partial charge in [-0.05, 0) is 19.1 Å². The summed E-state index contributed by atoms with van der Waals surface area (Å²) in [6.07, 6.45) is 4.53. The maximum Gasteiger partial charge on any atom is 0.264 e. The molecule has 0 heterocycles. The number of hydrogen-bond donors (Lipinski definition) is 4. The van der Waals surface area contributed by atoms with Crippen LogP contribution in [0, 0.1) is 6.92 Å². The van der Waals surface area contributed by atoms with E-state index in [-0.39, 0.29) is 17.0 Å². The number of nitrogens with zero attached hydrogens (tertiary/aromatic N) is 1. The van der Waals surface area contributed by atoms with Gasteiger partial charge in [-0.2, -0.15) is 0 Å². The van der Waals surface area contributed by atoms with Crippen LogP contribution in [-0.4, -0.2) is 32.1 Å². The molecule has 0 saturated carbocycles. The molecule has 0 spiro atoms. The molecule has 0 fully saturated rings. The molecule has 0 aliphatic rings. The highest BCUT2D eigenvalue weighted by Gasteiger charge is 2.29. The lowest BCUT2D eigenvalue weighted by molar-refractivity contribution is -0.110. The molecule has 1 aromatic rings. The number of hydrogen-bond acceptors (Lipinski definition) is 7. The van der Waals surface area contributed by atoms with Gasteiger partial charge in [0, 0.05) is 37.8 Å². The highest BCUT2D eigenvalue weighted by molar-refractivity contribution is 7.89. The van der Waals surface area contributed by atoms with Gasteiger partial charge in [0.15, 0.2) is 0 Å². The molecular formula is C15H23N5O3S. The Morgan fingerprint density at radius 3 is 2.46 bits per heavy atom. The van der Waals surface area contributed by atoms with E-state index in [9.17, 15) is 13.2 Å². The van der Waals surface area contributed by atoms with Crippen molar-refractivity contribution in [3.8, 4) is 0 Å². The number of nitrogens with one attached hydrogen (secondary N) is 2. The average Bonchev–Trinajstić information content (AvgIpc) is 2.54. The van der Waals surface area contributed by atoms with Gasteiger partial charge in [-0.25, -0.2) is 8.42 Å². The SMILES string of the molecule is CN/C=C\N([C@@H](C=O)C/C(N)=C/NN)S(=O)(=O)c1ccc(C)cc1. The first-order valence-electron chi connectivity index (χ1n) is 7.17. The van der Waals surface area contributed by atoms with E-state index in [1.807, 2.05) is 6.92 Å². The number of sulfonamides is 1. The summed E-state index contributed by atoms with van der Waals surface area (Å²) in [6, 6.07) is 5.36. The van der Waals surface area contributed by atoms with Gasteiger partial charge in [-0.3, -0.25) is 10.1 Å². The lowest BCUT2D eigenvalue weighted by atomic mass is 10.2. The molecule has 6 N–H and O–H groups in total. The second kappa shape index (κ2) is 8.94. The van der Waals surface area contributed by atoms with E-state index in [1.54, 1.807) is 19.2 Å². The number of carbonyl (C=O) groups excluding carboxylic acids is 1. The van der Waals surface area contributed by atoms with Crippen LogP contribution in [0.1, 0.15) is 12.0 Å². The highest BCUT2D eigenvalue weighted by atomic mass is 32.2. The van der Waals surface area contributed by atoms with E-state index in [0.717, 1.165) is 9.87 Å². The second-order valence-corrected chi connectivity index (χ2v) is 6.89. The third kappa shape index (κ3) is 5.00. The summed E-state index contributed by atoms with van der Waals surface area (Å²) in [5.74, 6) is 5.14. The standard InChI is InChI=1S/C15H23N5O3S/c1-12-3-5-15(6-4-12)24(22,23)20(8-7-18-2)14(11-21)9-13(16)10-19-17/h3-8,10-11,14,18-19H,9,16-17H2,1-2H3/b8-7-,13-10-/t14-/m1/s1. The Bertz CT molecular complexity index is 698. The first-order chi connectivity index (χ1) is 11.4. The highest BCUT2D eigenvalue weighted by Crippen LogP contribution is 2.21. The van der Waals surface area contributed by atoms with Crippen molar-refractivity contribution in [2.75, 3.05) is 7.05 Å². The topological polar surface area (TPSA) is 131 Å². The minimum atomic E-state index is -3.92. The zero-order valence-electron chi connectivity index (χ0n) is 13.6. The second-order valence-electron chi connectivity index (χ2n) is 5.05. The quantitative estimate of drug-likeness (QED) is 0.277. The van der Waals surface area contributed by atoms with Crippen LogP contribution in [0.4, 0.5) is 0 Å². The Hall–Kier alpha value is -2.52. The summed E-state index contributed by atoms with van der Waals surface area (Å²) in [5, 5.41) is 2.71. The van der Waals surface area contributed by atoms with Gasteiger partial charge in [-0.1, -0.05) is 17.7 Å². The molecule has 132 valence electrons. The van der Waals surface area contributed by atoms with E-state index in [4.69, 9.17) is 11.6 Å². The van der Waals surface area contributed by atoms with Crippen LogP contribution in [0.5, 0.6) is 0 Å². The predicted molar refractivity (Wildman–Crippen MR) is 92.5 cm³/mol. The van der Waals surface area contributed by atoms with E-state index < -0.39 is 16.1 Å². The monoisotopic (exact) mass is 353 g/mol. The summed E-state index contributed by atoms with van der Waals surface area (Å²) in [5.41, 5.74) is 9.16. The molecule has 0 amide bonds. The number of nitrogens with two attached hydrogens (primary N) is 2. The third-order valence-corrected chi connectivity index (χ3v) is 5.00. The number of aldehydes is 1. The first kappa shape index (κ1) is 19.5. The first-order valence-corrected chi connectivity index (χ1v) is 8.61. The van der Waals surface area contributed by atoms with Crippen LogP contribution in [0.25, 0.3) is 0 Å². The molecular weight excluding hydrogens is 330 g/mol. The third-order valence-electron chi connectivity index (χ3n) is 3.18. The summed E-state index contributed by atoms with van der Waals surface area (Å²) in [4.78, 5) is 11.6. The molecule has 0 aromatic heterocycles. The Kier molecular flexibility index (Phi) is 7.28. The van der Waals surface area contributed by atoms with Gasteiger partial charge in [0.05, 0.1) is 4.90 Å². The molecule has 0 aliphatic heterocycles. The van der Waals surface area contributed by atoms with Crippen LogP contribution in [0.15, 0.2) is 53.5 Å². The predicted octanol–water partition coefficient (Wildman–Crippen LogP) is -0.103. The van der Waals surface area contributed by atoms with Crippen molar-refractivity contribution in [1.29, 1.82) is 0 Å². The van der Waals surface area contributed by atoms with Gasteiger partial charge < -0.3 is 21.3 Å². The molecule has 0 saturated heterocycles. The number of carbonyl (C=O) groups is 1. The van der Waals surface area contributed by atoms with Crippen molar-refractivity contribution >= 4 is 16.3 Å². The lowest BCUT2D eigenvalue weighted by Gasteiger charge is -2.26. The molecule has 24 heavy (non-hydrogen) atoms. The Balaban J connectivity index is 3.27. The summed E-state index contributed by atoms with van der Waals surface area (Å²) in [7, 11) is -2.30. The van der Waals surface area contributed by atoms with E-state index in [0.29, 0.717) is 6.29 Å². The van der Waals surface area contributed by atoms with Crippen molar-refractivity contribution in [2.24, 2.45) is 11.6 Å². The minimum Gasteiger partial charge on any atom is -0.401 e. The molecule has 0 unspecified atom stereocenters. The maximum absolute atomic E-state index is 12.9. The van der Waals surface area contributed by atoms with Gasteiger partial charge in [0.25, 0.3) is 10.0 Å². The average molecular weight is 353 g/mol. The minimum absolute atomic E-state index is 0.00710. The van der Waals surface area contributed by atoms with Crippen LogP contribution in [0.3, 0.4) is 0 Å². The van der Waals surface area contributed by atoms with Crippen LogP contribution in [-0.2, 0) is 14.8 Å². The molecule has 9 heteroatoms. The summed E-state index contributed by atoms with van der Waals surface area (Å²) < 4.78 is 26.7. The number of benzene rings is 1. The summed E-state index contributed by atoms with van der Waals surface area (Å²) >= 11 is 0. The lowest BCUT2D eigenvalue weighted by Crippen LogP contribution is -2.38. The van der Waals surface area contributed by atoms with Crippen molar-refractivity contribution in [3.63, 3.8) is 0 Å². The van der Waals surface area contributed by atoms with Crippen LogP contribution >= 0.6 is 0 Å². The Morgan fingerprint density at radius 2 is 1.96 bits per heavy atom. The van der Waals surface area contributed by atoms with Crippen LogP contribution in [0.2, 0.25) is 0 Å². The Morgan fingerprint density at radius 1 is 1.33 bits per heavy atom. The van der Waals surface area contributed by atoms with Crippen LogP contribution < -0.4 is 22.3 Å². The zero-order chi connectivity index (χ0) is 18.2. The number of rotatable bonds is 9. The van der Waals surface area contributed by atoms with Gasteiger partial charge in [-0.15, -0.1) is 0 Å². The van der Waals surface area contributed by atoms with Gasteiger partial charge >= 0.3 is 0 Å². The van der Waals surface area contributed by atoms with Crippen molar-refractivity contribution < 1.29 is 13.2 Å². The molecule has 1 atom stereocenters. The Labute approximate surface area is 142 Å². The van der Waals surface area contributed by atoms with Crippen molar-refractivity contribution in [2.45, 2.75) is 24.3 Å². The fraction of sp³-hybridized carbons (Fsp3) is 0.267. The molecule has 0 aliphatic carbocycles. The van der Waals surface area contributed by atoms with Gasteiger partial charge in [0.1, 0.15) is 12.3 Å². The number of hydrazine groups is 1. The zero-order valence-corrected chi connectivity index (χ0v) is 14.5. The van der Waals surface area contributed by atoms with E-state index >= 15 is 0 Å². The largest absolute Gasteiger partial charge is 0.401 e. The summed E-state index contributed by atoms with van der Waals surface area (Å²) in [6.45, 7) is 1.86. The number of aryl methyl sites for hydroxylation is 1. The fourth-order valence-electron chi connectivity index (χ4n) is 1.95. The van der Waals surface area contributed by atoms with E-state index in [1.165, 1.54) is 30.7 Å². The smallest absolute Gasteiger partial charge is 0.264 e. The van der Waals surface area contributed by atoms with Crippen molar-refractivity contribution in [3.05, 3.63) is 54.1 Å². The molecule has 1 rings (SSSR count).